The van der Waals surface area contributed by atoms with Crippen molar-refractivity contribution in [2.45, 2.75) is 129 Å². The molecule has 0 aliphatic carbocycles. The van der Waals surface area contributed by atoms with Gasteiger partial charge in [0, 0.05) is 0 Å². The van der Waals surface area contributed by atoms with Gasteiger partial charge in [-0.3, -0.25) is 0 Å². The van der Waals surface area contributed by atoms with Crippen LogP contribution in [0.3, 0.4) is 0 Å². The topological polar surface area (TPSA) is 80.9 Å². The Bertz CT molecular complexity index is 542. The Morgan fingerprint density at radius 1 is 0.469 bits per heavy atom. The summed E-state index contributed by atoms with van der Waals surface area (Å²) < 4.78 is 0. The first-order chi connectivity index (χ1) is 15.5. The Morgan fingerprint density at radius 3 is 1.03 bits per heavy atom. The van der Waals surface area contributed by atoms with Gasteiger partial charge in [0.05, 0.1) is 0 Å². The summed E-state index contributed by atoms with van der Waals surface area (Å²) in [6, 6.07) is 3.58. The Hall–Kier alpha value is -0.810. The molecule has 182 valence electrons. The van der Waals surface area contributed by atoms with Gasteiger partial charge in [0.1, 0.15) is 0 Å². The lowest BCUT2D eigenvalue weighted by Crippen LogP contribution is -2.40. The highest BCUT2D eigenvalue weighted by Crippen LogP contribution is 2.14. The first-order valence-electron chi connectivity index (χ1n) is 13.4. The number of hydrogen-bond acceptors (Lipinski definition) is 4. The molecule has 1 rings (SSSR count). The number of rotatable bonds is 20. The molecule has 0 amide bonds. The standard InChI is InChI=1S/C26H48B2O4/c1-3-5-7-9-11-13-15-17-19-23-21-26(28(31)32)24(22-25(23)27(29)30)20-18-16-14-12-10-8-6-4-2/h21-22,29-32H,3-20H2,1-2H3. The van der Waals surface area contributed by atoms with E-state index < -0.39 is 14.2 Å². The summed E-state index contributed by atoms with van der Waals surface area (Å²) in [5.41, 5.74) is 2.70. The summed E-state index contributed by atoms with van der Waals surface area (Å²) in [4.78, 5) is 0. The van der Waals surface area contributed by atoms with Crippen LogP contribution in [0.5, 0.6) is 0 Å². The minimum Gasteiger partial charge on any atom is -0.423 e. The second-order valence-electron chi connectivity index (χ2n) is 9.45. The minimum atomic E-state index is -1.53. The highest BCUT2D eigenvalue weighted by molar-refractivity contribution is 6.61. The van der Waals surface area contributed by atoms with E-state index in [0.29, 0.717) is 10.9 Å². The van der Waals surface area contributed by atoms with Crippen LogP contribution < -0.4 is 10.9 Å². The fraction of sp³-hybridized carbons (Fsp3) is 0.769. The van der Waals surface area contributed by atoms with E-state index >= 15 is 0 Å². The van der Waals surface area contributed by atoms with Crippen molar-refractivity contribution >= 4 is 25.2 Å². The number of unbranched alkanes of at least 4 members (excludes halogenated alkanes) is 14. The van der Waals surface area contributed by atoms with E-state index in [-0.39, 0.29) is 0 Å². The Balaban J connectivity index is 2.58. The van der Waals surface area contributed by atoms with Gasteiger partial charge in [-0.25, -0.2) is 0 Å². The van der Waals surface area contributed by atoms with Crippen LogP contribution in [-0.2, 0) is 12.8 Å². The molecular weight excluding hydrogens is 398 g/mol. The maximum absolute atomic E-state index is 9.92. The lowest BCUT2D eigenvalue weighted by molar-refractivity contribution is 0.422. The lowest BCUT2D eigenvalue weighted by Gasteiger charge is -2.16. The molecule has 4 nitrogen and oxygen atoms in total. The fourth-order valence-corrected chi connectivity index (χ4v) is 4.54. The van der Waals surface area contributed by atoms with Crippen molar-refractivity contribution in [2.24, 2.45) is 0 Å². The van der Waals surface area contributed by atoms with Crippen molar-refractivity contribution in [1.82, 2.24) is 0 Å². The first-order valence-corrected chi connectivity index (χ1v) is 13.4. The SMILES string of the molecule is CCCCCCCCCCc1cc(B(O)O)c(CCCCCCCCCC)cc1B(O)O. The first kappa shape index (κ1) is 29.2. The van der Waals surface area contributed by atoms with Crippen molar-refractivity contribution < 1.29 is 20.1 Å². The quantitative estimate of drug-likeness (QED) is 0.177. The van der Waals surface area contributed by atoms with Gasteiger partial charge in [-0.15, -0.1) is 0 Å². The smallest absolute Gasteiger partial charge is 0.423 e. The number of hydrogen-bond donors (Lipinski definition) is 4. The third-order valence-electron chi connectivity index (χ3n) is 6.56. The van der Waals surface area contributed by atoms with Crippen LogP contribution in [0.15, 0.2) is 12.1 Å². The molecular formula is C26H48B2O4. The van der Waals surface area contributed by atoms with Crippen LogP contribution in [0.25, 0.3) is 0 Å². The summed E-state index contributed by atoms with van der Waals surface area (Å²) in [5, 5.41) is 39.7. The van der Waals surface area contributed by atoms with E-state index in [1.165, 1.54) is 77.0 Å². The van der Waals surface area contributed by atoms with Gasteiger partial charge < -0.3 is 20.1 Å². The van der Waals surface area contributed by atoms with Crippen LogP contribution in [-0.4, -0.2) is 34.3 Å². The second-order valence-corrected chi connectivity index (χ2v) is 9.45. The normalized spacial score (nSPS) is 11.2. The summed E-state index contributed by atoms with van der Waals surface area (Å²) >= 11 is 0. The molecule has 0 aromatic heterocycles. The molecule has 0 saturated carbocycles. The second kappa shape index (κ2) is 18.6. The fourth-order valence-electron chi connectivity index (χ4n) is 4.54. The molecule has 32 heavy (non-hydrogen) atoms. The van der Waals surface area contributed by atoms with Gasteiger partial charge in [-0.2, -0.15) is 0 Å². The predicted molar refractivity (Wildman–Crippen MR) is 139 cm³/mol. The number of aryl methyl sites for hydroxylation is 2. The van der Waals surface area contributed by atoms with Gasteiger partial charge in [-0.1, -0.05) is 116 Å². The van der Waals surface area contributed by atoms with Crippen LogP contribution in [0.2, 0.25) is 0 Å². The van der Waals surface area contributed by atoms with Gasteiger partial charge in [0.15, 0.2) is 0 Å². The largest absolute Gasteiger partial charge is 0.488 e. The zero-order chi connectivity index (χ0) is 23.6. The summed E-state index contributed by atoms with van der Waals surface area (Å²) in [5.74, 6) is 0. The van der Waals surface area contributed by atoms with Gasteiger partial charge in [-0.05, 0) is 47.7 Å². The molecule has 0 bridgehead atoms. The molecule has 6 heteroatoms. The van der Waals surface area contributed by atoms with Gasteiger partial charge in [0.2, 0.25) is 0 Å². The molecule has 0 fully saturated rings. The van der Waals surface area contributed by atoms with E-state index in [1.54, 1.807) is 12.1 Å². The molecule has 0 unspecified atom stereocenters. The van der Waals surface area contributed by atoms with E-state index in [0.717, 1.165) is 49.7 Å². The molecule has 1 aromatic carbocycles. The Morgan fingerprint density at radius 2 is 0.750 bits per heavy atom. The predicted octanol–water partition coefficient (Wildman–Crippen LogP) is 4.41. The van der Waals surface area contributed by atoms with Crippen molar-refractivity contribution in [3.05, 3.63) is 23.3 Å². The van der Waals surface area contributed by atoms with E-state index in [1.807, 2.05) is 0 Å². The molecule has 0 spiro atoms. The molecule has 0 saturated heterocycles. The molecule has 0 aliphatic rings. The third-order valence-corrected chi connectivity index (χ3v) is 6.56. The Labute approximate surface area is 198 Å². The van der Waals surface area contributed by atoms with Crippen molar-refractivity contribution in [1.29, 1.82) is 0 Å². The van der Waals surface area contributed by atoms with Crippen molar-refractivity contribution in [3.63, 3.8) is 0 Å². The molecule has 0 radical (unpaired) electrons. The van der Waals surface area contributed by atoms with Gasteiger partial charge in [0.25, 0.3) is 0 Å². The summed E-state index contributed by atoms with van der Waals surface area (Å²) in [7, 11) is -3.05. The van der Waals surface area contributed by atoms with E-state index in [2.05, 4.69) is 13.8 Å². The van der Waals surface area contributed by atoms with E-state index in [9.17, 15) is 20.1 Å². The zero-order valence-electron chi connectivity index (χ0n) is 20.8. The highest BCUT2D eigenvalue weighted by atomic mass is 16.4. The van der Waals surface area contributed by atoms with Crippen LogP contribution >= 0.6 is 0 Å². The Kier molecular flexibility index (Phi) is 17.0. The third kappa shape index (κ3) is 12.4. The average molecular weight is 446 g/mol. The zero-order valence-corrected chi connectivity index (χ0v) is 20.8. The van der Waals surface area contributed by atoms with Gasteiger partial charge >= 0.3 is 14.2 Å². The monoisotopic (exact) mass is 446 g/mol. The van der Waals surface area contributed by atoms with Crippen molar-refractivity contribution in [2.75, 3.05) is 0 Å². The minimum absolute atomic E-state index is 0.520. The molecule has 0 atom stereocenters. The highest BCUT2D eigenvalue weighted by Gasteiger charge is 2.23. The van der Waals surface area contributed by atoms with Crippen LogP contribution in [0, 0.1) is 0 Å². The molecule has 4 N–H and O–H groups in total. The van der Waals surface area contributed by atoms with Crippen LogP contribution in [0.1, 0.15) is 128 Å². The average Bonchev–Trinajstić information content (AvgIpc) is 2.77. The lowest BCUT2D eigenvalue weighted by atomic mass is 9.68. The van der Waals surface area contributed by atoms with E-state index in [4.69, 9.17) is 0 Å². The maximum Gasteiger partial charge on any atom is 0.488 e. The summed E-state index contributed by atoms with van der Waals surface area (Å²) in [6.07, 6.45) is 21.0. The molecule has 0 aliphatic heterocycles. The maximum atomic E-state index is 9.92. The summed E-state index contributed by atoms with van der Waals surface area (Å²) in [6.45, 7) is 4.46. The molecule has 1 aromatic rings. The molecule has 0 heterocycles. The number of benzene rings is 1. The van der Waals surface area contributed by atoms with Crippen molar-refractivity contribution in [3.8, 4) is 0 Å². The van der Waals surface area contributed by atoms with Crippen LogP contribution in [0.4, 0.5) is 0 Å².